The first-order chi connectivity index (χ1) is 7.79. The second-order valence-corrected chi connectivity index (χ2v) is 5.34. The summed E-state index contributed by atoms with van der Waals surface area (Å²) in [6, 6.07) is 18.4. The standard InChI is InChI=1S/C13H11O2P.Na/c14-13(15)16(11-7-3-1-4-8-11)12-9-5-2-6-10-12;/h1-10H,(H,14,15);/q;+1/p-1. The fraction of sp³-hybridized carbons (Fsp3) is 0. The smallest absolute Gasteiger partial charge is 0.544 e. The molecule has 80 valence electrons. The van der Waals surface area contributed by atoms with E-state index in [9.17, 15) is 9.90 Å². The third kappa shape index (κ3) is 3.65. The monoisotopic (exact) mass is 252 g/mol. The molecule has 0 saturated heterocycles. The molecule has 0 unspecified atom stereocenters. The van der Waals surface area contributed by atoms with Crippen LogP contribution in [0.15, 0.2) is 60.7 Å². The van der Waals surface area contributed by atoms with Crippen molar-refractivity contribution >= 4 is 24.2 Å². The summed E-state index contributed by atoms with van der Waals surface area (Å²) in [6.45, 7) is 0. The van der Waals surface area contributed by atoms with E-state index in [1.54, 1.807) is 0 Å². The molecular formula is C13H10NaO2P. The number of carboxylic acid groups (broad SMARTS) is 1. The molecule has 0 saturated carbocycles. The first-order valence-electron chi connectivity index (χ1n) is 4.90. The van der Waals surface area contributed by atoms with E-state index in [1.807, 2.05) is 60.7 Å². The molecule has 2 nitrogen and oxygen atoms in total. The Bertz CT molecular complexity index is 434. The maximum Gasteiger partial charge on any atom is 1.00 e. The van der Waals surface area contributed by atoms with Crippen molar-refractivity contribution in [3.63, 3.8) is 0 Å². The second-order valence-electron chi connectivity index (χ2n) is 3.27. The van der Waals surface area contributed by atoms with Crippen LogP contribution in [0.1, 0.15) is 0 Å². The van der Waals surface area contributed by atoms with Crippen LogP contribution in [0.4, 0.5) is 4.79 Å². The van der Waals surface area contributed by atoms with Gasteiger partial charge in [-0.15, -0.1) is 0 Å². The molecule has 0 amide bonds. The van der Waals surface area contributed by atoms with Crippen molar-refractivity contribution in [2.24, 2.45) is 0 Å². The average Bonchev–Trinajstić information content (AvgIpc) is 2.31. The number of hydrogen-bond acceptors (Lipinski definition) is 2. The minimum Gasteiger partial charge on any atom is -0.544 e. The second kappa shape index (κ2) is 6.93. The van der Waals surface area contributed by atoms with Crippen LogP contribution < -0.4 is 45.3 Å². The first-order valence-corrected chi connectivity index (χ1v) is 6.24. The molecule has 4 heteroatoms. The number of hydrogen-bond donors (Lipinski definition) is 0. The van der Waals surface area contributed by atoms with Crippen molar-refractivity contribution in [1.29, 1.82) is 0 Å². The van der Waals surface area contributed by atoms with Crippen LogP contribution in [-0.2, 0) is 0 Å². The van der Waals surface area contributed by atoms with Crippen LogP contribution in [0, 0.1) is 0 Å². The maximum absolute atomic E-state index is 11.2. The van der Waals surface area contributed by atoms with Gasteiger partial charge in [0.05, 0.1) is 5.71 Å². The third-order valence-electron chi connectivity index (χ3n) is 2.21. The Hall–Kier alpha value is -0.660. The van der Waals surface area contributed by atoms with Gasteiger partial charge in [-0.1, -0.05) is 60.7 Å². The van der Waals surface area contributed by atoms with E-state index < -0.39 is 13.6 Å². The summed E-state index contributed by atoms with van der Waals surface area (Å²) in [5, 5.41) is 12.8. The molecule has 2 aromatic rings. The third-order valence-corrected chi connectivity index (χ3v) is 4.21. The molecule has 0 heterocycles. The van der Waals surface area contributed by atoms with Gasteiger partial charge in [0, 0.05) is 7.92 Å². The van der Waals surface area contributed by atoms with E-state index >= 15 is 0 Å². The van der Waals surface area contributed by atoms with Gasteiger partial charge < -0.3 is 9.90 Å². The Balaban J connectivity index is 0.00000144. The topological polar surface area (TPSA) is 40.1 Å². The maximum atomic E-state index is 11.2. The Morgan fingerprint density at radius 2 is 1.18 bits per heavy atom. The Labute approximate surface area is 124 Å². The quantitative estimate of drug-likeness (QED) is 0.491. The van der Waals surface area contributed by atoms with Gasteiger partial charge in [0.15, 0.2) is 0 Å². The van der Waals surface area contributed by atoms with Gasteiger partial charge >= 0.3 is 29.6 Å². The van der Waals surface area contributed by atoms with Gasteiger partial charge in [-0.3, -0.25) is 0 Å². The molecular weight excluding hydrogens is 242 g/mol. The van der Waals surface area contributed by atoms with E-state index in [0.29, 0.717) is 0 Å². The van der Waals surface area contributed by atoms with Crippen molar-refractivity contribution in [3.05, 3.63) is 60.7 Å². The average molecular weight is 252 g/mol. The summed E-state index contributed by atoms with van der Waals surface area (Å²) in [4.78, 5) is 11.2. The molecule has 0 bridgehead atoms. The summed E-state index contributed by atoms with van der Waals surface area (Å²) in [6.07, 6.45) is 0. The molecule has 0 radical (unpaired) electrons. The van der Waals surface area contributed by atoms with Crippen LogP contribution >= 0.6 is 7.92 Å². The Kier molecular flexibility index (Phi) is 5.87. The first kappa shape index (κ1) is 14.4. The van der Waals surface area contributed by atoms with Crippen molar-refractivity contribution in [3.8, 4) is 0 Å². The summed E-state index contributed by atoms with van der Waals surface area (Å²) in [5.41, 5.74) is -1.01. The molecule has 0 N–H and O–H groups in total. The van der Waals surface area contributed by atoms with Crippen LogP contribution in [0.2, 0.25) is 0 Å². The van der Waals surface area contributed by atoms with Gasteiger partial charge in [-0.05, 0) is 10.6 Å². The number of benzene rings is 2. The predicted octanol–water partition coefficient (Wildman–Crippen LogP) is -1.53. The molecule has 2 rings (SSSR count). The van der Waals surface area contributed by atoms with Gasteiger partial charge in [-0.25, -0.2) is 0 Å². The van der Waals surface area contributed by atoms with Crippen molar-refractivity contribution in [1.82, 2.24) is 0 Å². The number of rotatable bonds is 3. The molecule has 17 heavy (non-hydrogen) atoms. The predicted molar refractivity (Wildman–Crippen MR) is 64.5 cm³/mol. The molecule has 0 atom stereocenters. The zero-order valence-corrected chi connectivity index (χ0v) is 12.4. The van der Waals surface area contributed by atoms with Gasteiger partial charge in [0.1, 0.15) is 0 Å². The largest absolute Gasteiger partial charge is 1.00 e. The molecule has 0 aliphatic carbocycles. The van der Waals surface area contributed by atoms with Crippen molar-refractivity contribution in [2.45, 2.75) is 0 Å². The number of carbonyl (C=O) groups is 1. The molecule has 0 spiro atoms. The zero-order chi connectivity index (χ0) is 11.4. The van der Waals surface area contributed by atoms with Crippen molar-refractivity contribution in [2.75, 3.05) is 0 Å². The fourth-order valence-electron chi connectivity index (χ4n) is 1.51. The van der Waals surface area contributed by atoms with Crippen LogP contribution in [0.5, 0.6) is 0 Å². The van der Waals surface area contributed by atoms with Crippen LogP contribution in [0.25, 0.3) is 0 Å². The molecule has 0 aliphatic rings. The minimum absolute atomic E-state index is 0. The summed E-state index contributed by atoms with van der Waals surface area (Å²) in [5.74, 6) is 0. The fourth-order valence-corrected chi connectivity index (χ4v) is 3.17. The minimum atomic E-state index is -1.40. The van der Waals surface area contributed by atoms with E-state index in [1.165, 1.54) is 0 Å². The summed E-state index contributed by atoms with van der Waals surface area (Å²) in [7, 11) is -1.40. The molecule has 0 aromatic heterocycles. The van der Waals surface area contributed by atoms with Crippen molar-refractivity contribution < 1.29 is 39.5 Å². The molecule has 0 aliphatic heterocycles. The summed E-state index contributed by atoms with van der Waals surface area (Å²) >= 11 is 0. The SMILES string of the molecule is O=C([O-])P(c1ccccc1)c1ccccc1.[Na+]. The Morgan fingerprint density at radius 1 is 0.824 bits per heavy atom. The number of carbonyl (C=O) groups excluding carboxylic acids is 1. The zero-order valence-electron chi connectivity index (χ0n) is 9.54. The van der Waals surface area contributed by atoms with Gasteiger partial charge in [-0.2, -0.15) is 0 Å². The Morgan fingerprint density at radius 3 is 1.47 bits per heavy atom. The van der Waals surface area contributed by atoms with E-state index in [-0.39, 0.29) is 29.6 Å². The normalized spacial score (nSPS) is 9.71. The van der Waals surface area contributed by atoms with E-state index in [4.69, 9.17) is 0 Å². The molecule has 0 fully saturated rings. The van der Waals surface area contributed by atoms with E-state index in [0.717, 1.165) is 10.6 Å². The van der Waals surface area contributed by atoms with E-state index in [2.05, 4.69) is 0 Å². The van der Waals surface area contributed by atoms with Crippen LogP contribution in [0.3, 0.4) is 0 Å². The van der Waals surface area contributed by atoms with Crippen LogP contribution in [-0.4, -0.2) is 5.71 Å². The van der Waals surface area contributed by atoms with Gasteiger partial charge in [0.2, 0.25) is 0 Å². The van der Waals surface area contributed by atoms with Gasteiger partial charge in [0.25, 0.3) is 0 Å². The summed E-state index contributed by atoms with van der Waals surface area (Å²) < 4.78 is 0. The molecule has 2 aromatic carbocycles.